The second-order valence-electron chi connectivity index (χ2n) is 33.9. The van der Waals surface area contributed by atoms with E-state index >= 15 is 0 Å². The summed E-state index contributed by atoms with van der Waals surface area (Å²) in [7, 11) is 22.0. The fourth-order valence-corrected chi connectivity index (χ4v) is 21.2. The molecule has 5 aliphatic carbocycles. The lowest BCUT2D eigenvalue weighted by Gasteiger charge is -2.40. The maximum absolute atomic E-state index is 10.6. The molecule has 24 nitrogen and oxygen atoms in total. The zero-order valence-electron chi connectivity index (χ0n) is 74.8. The Morgan fingerprint density at radius 1 is 0.248 bits per heavy atom. The van der Waals surface area contributed by atoms with Crippen molar-refractivity contribution in [3.05, 3.63) is 180 Å². The summed E-state index contributed by atoms with van der Waals surface area (Å²) >= 11 is 0. The van der Waals surface area contributed by atoms with Crippen molar-refractivity contribution in [3.63, 3.8) is 0 Å². The van der Waals surface area contributed by atoms with Crippen LogP contribution in [0.25, 0.3) is 55.6 Å². The summed E-state index contributed by atoms with van der Waals surface area (Å²) in [6.07, 6.45) is 8.91. The lowest BCUT2D eigenvalue weighted by Crippen LogP contribution is -2.35. The van der Waals surface area contributed by atoms with Crippen LogP contribution in [0, 0.1) is 6.92 Å². The van der Waals surface area contributed by atoms with Crippen molar-refractivity contribution in [1.29, 1.82) is 0 Å². The summed E-state index contributed by atoms with van der Waals surface area (Å²) in [5, 5.41) is 83.4. The molecule has 8 N–H and O–H groups in total. The zero-order valence-corrected chi connectivity index (χ0v) is 74.8. The Balaban J connectivity index is 0.000000115. The lowest BCUT2D eigenvalue weighted by molar-refractivity contribution is 0.226. The van der Waals surface area contributed by atoms with Gasteiger partial charge in [-0.3, -0.25) is 24.5 Å². The van der Waals surface area contributed by atoms with Crippen molar-refractivity contribution in [2.45, 2.75) is 129 Å². The number of nitrogens with zero attached hydrogens (tertiary/aromatic N) is 5. The standard InChI is InChI=1S/C21H25NO4.3C20H23NO4.C20H23NO3/c1-5-26-18-10-13-8-15-19-12(6-7-22(15)2)9-16(23)21(25-4)20(19)14(13)11-17(18)24-3;3*1-4-25-17-10-13-12(9-15(17)22)7-14-18-11(5-6-21(14)2)8-16(23)20(24-3)19(13)18;1-11-7-14-13(10-17(11)23-3)8-15-18-12(5-6-21(15)2)9-16(22)20(24-4)19(14)18/h9-11,15,23H,5-8H2,1-4H3;3*8-10,14,22-23H,4-7H2,1-3H3;7,9-10,15,22H,5-6,8H2,1-4H3/t15-;;;;/m1..../s1. The van der Waals surface area contributed by atoms with Crippen molar-refractivity contribution < 1.29 is 93.0 Å². The number of fused-ring (bicyclic) bond motifs is 10. The van der Waals surface area contributed by atoms with E-state index in [1.807, 2.05) is 82.3 Å². The number of methoxy groups -OCH3 is 7. The normalized spacial score (nSPS) is 18.4. The number of hydrogen-bond acceptors (Lipinski definition) is 24. The van der Waals surface area contributed by atoms with Gasteiger partial charge in [0.2, 0.25) is 0 Å². The Morgan fingerprint density at radius 2 is 0.456 bits per heavy atom. The summed E-state index contributed by atoms with van der Waals surface area (Å²) in [4.78, 5) is 11.8. The van der Waals surface area contributed by atoms with Crippen molar-refractivity contribution >= 4 is 0 Å². The molecule has 4 unspecified atom stereocenters. The molecule has 10 aliphatic rings. The maximum atomic E-state index is 10.6. The van der Waals surface area contributed by atoms with Gasteiger partial charge < -0.3 is 93.0 Å². The molecule has 0 spiro atoms. The molecule has 0 bridgehead atoms. The van der Waals surface area contributed by atoms with E-state index in [1.165, 1.54) is 66.8 Å². The first-order chi connectivity index (χ1) is 60.3. The Kier molecular flexibility index (Phi) is 24.5. The van der Waals surface area contributed by atoms with Crippen LogP contribution in [-0.4, -0.2) is 210 Å². The summed E-state index contributed by atoms with van der Waals surface area (Å²) < 4.78 is 61.5. The second kappa shape index (κ2) is 35.3. The number of phenols is 8. The Bertz CT molecular complexity index is 5530. The first-order valence-corrected chi connectivity index (χ1v) is 43.4. The average Bonchev–Trinajstić information content (AvgIpc) is 0.743. The molecule has 0 saturated carbocycles. The van der Waals surface area contributed by atoms with E-state index in [0.717, 1.165) is 186 Å². The molecule has 5 heterocycles. The van der Waals surface area contributed by atoms with E-state index in [2.05, 4.69) is 84.9 Å². The van der Waals surface area contributed by atoms with E-state index in [9.17, 15) is 40.9 Å². The number of aromatic hydroxyl groups is 8. The van der Waals surface area contributed by atoms with Gasteiger partial charge in [-0.1, -0.05) is 0 Å². The fraction of sp³-hybridized carbons (Fsp3) is 0.406. The van der Waals surface area contributed by atoms with Crippen molar-refractivity contribution in [2.24, 2.45) is 0 Å². The summed E-state index contributed by atoms with van der Waals surface area (Å²) in [5.74, 6) is 7.75. The number of rotatable bonds is 15. The quantitative estimate of drug-likeness (QED) is 0.0473. The average molecular weight is 1710 g/mol. The summed E-state index contributed by atoms with van der Waals surface area (Å²) in [6.45, 7) is 16.5. The molecule has 10 aromatic rings. The van der Waals surface area contributed by atoms with Crippen LogP contribution >= 0.6 is 0 Å². The first-order valence-electron chi connectivity index (χ1n) is 43.4. The fourth-order valence-electron chi connectivity index (χ4n) is 21.2. The number of benzene rings is 10. The molecule has 5 atom stereocenters. The molecule has 24 heteroatoms. The number of likely N-dealkylation sites (N-methyl/N-ethyl adjacent to an activating group) is 5. The van der Waals surface area contributed by atoms with E-state index < -0.39 is 0 Å². The highest BCUT2D eigenvalue weighted by Crippen LogP contribution is 2.61. The van der Waals surface area contributed by atoms with Gasteiger partial charge in [0, 0.05) is 90.8 Å². The van der Waals surface area contributed by atoms with Crippen molar-refractivity contribution in [1.82, 2.24) is 24.5 Å². The highest BCUT2D eigenvalue weighted by atomic mass is 16.5. The minimum absolute atomic E-state index is 0.154. The highest BCUT2D eigenvalue weighted by Gasteiger charge is 2.44. The number of aryl methyl sites for hydroxylation is 1. The van der Waals surface area contributed by atoms with E-state index in [-0.39, 0.29) is 70.2 Å². The van der Waals surface area contributed by atoms with Crippen molar-refractivity contribution in [2.75, 3.05) is 144 Å². The molecule has 20 rings (SSSR count). The number of ether oxygens (including phenoxy) is 11. The minimum atomic E-state index is 0.154. The van der Waals surface area contributed by atoms with Gasteiger partial charge in [-0.05, 0) is 342 Å². The second-order valence-corrected chi connectivity index (χ2v) is 33.9. The van der Waals surface area contributed by atoms with Crippen LogP contribution in [0.15, 0.2) is 91.0 Å². The van der Waals surface area contributed by atoms with Crippen LogP contribution in [0.1, 0.15) is 147 Å². The lowest BCUT2D eigenvalue weighted by atomic mass is 9.76. The maximum Gasteiger partial charge on any atom is 0.168 e. The van der Waals surface area contributed by atoms with Gasteiger partial charge in [0.25, 0.3) is 0 Å². The van der Waals surface area contributed by atoms with Gasteiger partial charge >= 0.3 is 0 Å². The zero-order chi connectivity index (χ0) is 88.6. The van der Waals surface area contributed by atoms with E-state index in [4.69, 9.17) is 52.1 Å². The molecule has 0 amide bonds. The SMILES string of the molecule is CCOc1cc2c(cc1O)CC1c3c(cc(O)c(OC)c3-2)CCN1C.CCOc1cc2c(cc1O)CC1c3c(cc(O)c(OC)c3-2)CCN1C.CCOc1cc2c(cc1O)CC1c3c(cc(O)c(OC)c3-2)CCN1C.CCOc1cc2c(cc1OC)-c1c(OC)c(O)cc3c1[C@@H](C2)N(C)CC3.COc1cc2c(cc1C)-c1c(OC)c(O)cc3c1C(C2)N(C)CC3. The Labute approximate surface area is 731 Å². The van der Waals surface area contributed by atoms with Crippen LogP contribution in [0.5, 0.6) is 109 Å². The van der Waals surface area contributed by atoms with Gasteiger partial charge in [0.1, 0.15) is 5.75 Å². The minimum Gasteiger partial charge on any atom is -0.504 e. The molecule has 0 saturated heterocycles. The predicted octanol–water partition coefficient (Wildman–Crippen LogP) is 16.8. The van der Waals surface area contributed by atoms with Crippen molar-refractivity contribution in [3.8, 4) is 165 Å². The smallest absolute Gasteiger partial charge is 0.168 e. The van der Waals surface area contributed by atoms with Gasteiger partial charge in [-0.2, -0.15) is 0 Å². The number of phenolic OH excluding ortho intramolecular Hbond substituents is 8. The Hall–Kier alpha value is -11.8. The van der Waals surface area contributed by atoms with Crippen LogP contribution < -0.4 is 52.1 Å². The molecule has 0 radical (unpaired) electrons. The van der Waals surface area contributed by atoms with E-state index in [1.54, 1.807) is 68.0 Å². The van der Waals surface area contributed by atoms with Crippen LogP contribution in [0.3, 0.4) is 0 Å². The van der Waals surface area contributed by atoms with E-state index in [0.29, 0.717) is 84.2 Å². The Morgan fingerprint density at radius 3 is 0.688 bits per heavy atom. The van der Waals surface area contributed by atoms with Crippen LogP contribution in [0.4, 0.5) is 0 Å². The third-order valence-electron chi connectivity index (χ3n) is 27.1. The highest BCUT2D eigenvalue weighted by molar-refractivity contribution is 5.90. The molecular weight excluding hydrogens is 1590 g/mol. The third kappa shape index (κ3) is 15.2. The van der Waals surface area contributed by atoms with Gasteiger partial charge in [-0.15, -0.1) is 0 Å². The molecule has 5 aliphatic heterocycles. The molecule has 0 fully saturated rings. The molecular formula is C101H117N5O19. The number of hydrogen-bond donors (Lipinski definition) is 8. The van der Waals surface area contributed by atoms with Crippen LogP contribution in [0.2, 0.25) is 0 Å². The third-order valence-corrected chi connectivity index (χ3v) is 27.1. The molecule has 660 valence electrons. The van der Waals surface area contributed by atoms with Gasteiger partial charge in [-0.25, -0.2) is 0 Å². The molecule has 10 aromatic carbocycles. The molecule has 125 heavy (non-hydrogen) atoms. The van der Waals surface area contributed by atoms with Crippen LogP contribution in [-0.2, 0) is 64.2 Å². The monoisotopic (exact) mass is 1700 g/mol. The van der Waals surface area contributed by atoms with Gasteiger partial charge in [0.05, 0.1) is 76.2 Å². The predicted molar refractivity (Wildman–Crippen MR) is 482 cm³/mol. The summed E-state index contributed by atoms with van der Waals surface area (Å²) in [5.41, 5.74) is 28.8. The van der Waals surface area contributed by atoms with Gasteiger partial charge in [0.15, 0.2) is 103 Å². The first kappa shape index (κ1) is 86.7. The largest absolute Gasteiger partial charge is 0.504 e. The topological polar surface area (TPSA) is 280 Å². The summed E-state index contributed by atoms with van der Waals surface area (Å²) in [6, 6.07) is 29.9. The molecule has 0 aromatic heterocycles.